The Morgan fingerprint density at radius 3 is 1.38 bits per heavy atom. The minimum absolute atomic E-state index is 0.0939. The lowest BCUT2D eigenvalue weighted by Crippen LogP contribution is -2.11. The Morgan fingerprint density at radius 2 is 1.00 bits per heavy atom. The average Bonchev–Trinajstić information content (AvgIpc) is 3.04. The molecule has 2 heteroatoms. The molecule has 3 rings (SSSR count). The largest absolute Gasteiger partial charge is 0.289 e. The molecule has 0 radical (unpaired) electrons. The van der Waals surface area contributed by atoms with Gasteiger partial charge in [-0.3, -0.25) is 9.59 Å². The number of allylic oxidation sites excluding steroid dienone is 4. The lowest BCUT2D eigenvalue weighted by atomic mass is 9.93. The van der Waals surface area contributed by atoms with Gasteiger partial charge in [-0.2, -0.15) is 0 Å². The van der Waals surface area contributed by atoms with Crippen molar-refractivity contribution in [3.63, 3.8) is 0 Å². The summed E-state index contributed by atoms with van der Waals surface area (Å²) in [5, 5.41) is 0. The summed E-state index contributed by atoms with van der Waals surface area (Å²) in [6.45, 7) is 0. The first-order chi connectivity index (χ1) is 10.3. The number of hydrogen-bond acceptors (Lipinski definition) is 2. The van der Waals surface area contributed by atoms with Gasteiger partial charge in [0.15, 0.2) is 11.6 Å². The maximum atomic E-state index is 12.5. The van der Waals surface area contributed by atoms with Gasteiger partial charge in [-0.15, -0.1) is 0 Å². The van der Waals surface area contributed by atoms with E-state index in [0.717, 1.165) is 0 Å². The molecule has 1 aliphatic rings. The predicted octanol–water partition coefficient (Wildman–Crippen LogP) is 4.01. The van der Waals surface area contributed by atoms with Crippen LogP contribution in [0, 0.1) is 0 Å². The molecule has 1 aliphatic carbocycles. The van der Waals surface area contributed by atoms with Gasteiger partial charge in [0.05, 0.1) is 0 Å². The van der Waals surface area contributed by atoms with E-state index in [4.69, 9.17) is 0 Å². The van der Waals surface area contributed by atoms with Gasteiger partial charge in [-0.25, -0.2) is 0 Å². The lowest BCUT2D eigenvalue weighted by Gasteiger charge is -2.07. The molecule has 0 aromatic heterocycles. The molecule has 0 atom stereocenters. The summed E-state index contributed by atoms with van der Waals surface area (Å²) in [6.07, 6.45) is 4.28. The summed E-state index contributed by atoms with van der Waals surface area (Å²) in [4.78, 5) is 25.1. The Hall–Kier alpha value is -2.74. The number of carbonyl (C=O) groups is 2. The topological polar surface area (TPSA) is 34.1 Å². The van der Waals surface area contributed by atoms with Crippen molar-refractivity contribution in [2.24, 2.45) is 0 Å². The van der Waals surface area contributed by atoms with Crippen molar-refractivity contribution in [1.82, 2.24) is 0 Å². The van der Waals surface area contributed by atoms with Crippen LogP contribution < -0.4 is 0 Å². The Morgan fingerprint density at radius 1 is 0.619 bits per heavy atom. The molecular weight excluding hydrogens is 260 g/mol. The van der Waals surface area contributed by atoms with Gasteiger partial charge in [-0.05, 0) is 6.42 Å². The number of benzene rings is 2. The van der Waals surface area contributed by atoms with Crippen molar-refractivity contribution in [1.29, 1.82) is 0 Å². The predicted molar refractivity (Wildman–Crippen MR) is 82.3 cm³/mol. The molecule has 0 fully saturated rings. The van der Waals surface area contributed by atoms with Gasteiger partial charge in [0.1, 0.15) is 0 Å². The molecular formula is C19H14O2. The Balaban J connectivity index is 1.90. The van der Waals surface area contributed by atoms with E-state index >= 15 is 0 Å². The zero-order valence-electron chi connectivity index (χ0n) is 11.5. The molecule has 2 aromatic rings. The summed E-state index contributed by atoms with van der Waals surface area (Å²) in [5.41, 5.74) is 2.24. The molecule has 2 nitrogen and oxygen atoms in total. The molecule has 0 unspecified atom stereocenters. The van der Waals surface area contributed by atoms with E-state index < -0.39 is 0 Å². The van der Waals surface area contributed by atoms with E-state index in [-0.39, 0.29) is 11.6 Å². The molecule has 0 N–H and O–H groups in total. The summed E-state index contributed by atoms with van der Waals surface area (Å²) in [7, 11) is 0. The molecule has 102 valence electrons. The molecule has 0 spiro atoms. The Kier molecular flexibility index (Phi) is 3.61. The zero-order chi connectivity index (χ0) is 14.7. The lowest BCUT2D eigenvalue weighted by molar-refractivity contribution is 0.0998. The van der Waals surface area contributed by atoms with E-state index in [2.05, 4.69) is 0 Å². The van der Waals surface area contributed by atoms with Crippen molar-refractivity contribution in [2.75, 3.05) is 0 Å². The van der Waals surface area contributed by atoms with Crippen LogP contribution in [0.5, 0.6) is 0 Å². The second-order valence-electron chi connectivity index (χ2n) is 4.86. The molecule has 0 saturated heterocycles. The van der Waals surface area contributed by atoms with Crippen molar-refractivity contribution in [2.45, 2.75) is 6.42 Å². The number of rotatable bonds is 4. The van der Waals surface area contributed by atoms with Crippen LogP contribution >= 0.6 is 0 Å². The standard InChI is InChI=1S/C19H14O2/c20-18(14-8-3-1-4-9-14)16-12-7-13-17(16)19(21)15-10-5-2-6-11-15/h1-6,8-13H,7H2. The quantitative estimate of drug-likeness (QED) is 0.789. The highest BCUT2D eigenvalue weighted by molar-refractivity contribution is 6.23. The second kappa shape index (κ2) is 5.71. The fraction of sp³-hybridized carbons (Fsp3) is 0.0526. The minimum Gasteiger partial charge on any atom is -0.289 e. The maximum Gasteiger partial charge on any atom is 0.193 e. The van der Waals surface area contributed by atoms with Crippen LogP contribution in [-0.4, -0.2) is 11.6 Å². The second-order valence-corrected chi connectivity index (χ2v) is 4.86. The van der Waals surface area contributed by atoms with Gasteiger partial charge in [0.2, 0.25) is 0 Å². The summed E-state index contributed by atoms with van der Waals surface area (Å²) in [5.74, 6) is -0.188. The van der Waals surface area contributed by atoms with Gasteiger partial charge in [0, 0.05) is 22.3 Å². The van der Waals surface area contributed by atoms with E-state index in [1.165, 1.54) is 0 Å². The minimum atomic E-state index is -0.0939. The highest BCUT2D eigenvalue weighted by atomic mass is 16.1. The molecule has 0 saturated carbocycles. The maximum absolute atomic E-state index is 12.5. The Bertz CT molecular complexity index is 672. The zero-order valence-corrected chi connectivity index (χ0v) is 11.5. The number of carbonyl (C=O) groups excluding carboxylic acids is 2. The van der Waals surface area contributed by atoms with Gasteiger partial charge in [-0.1, -0.05) is 72.8 Å². The van der Waals surface area contributed by atoms with Crippen LogP contribution in [0.15, 0.2) is 84.0 Å². The first-order valence-electron chi connectivity index (χ1n) is 6.87. The third-order valence-electron chi connectivity index (χ3n) is 3.50. The number of ketones is 2. The molecule has 0 heterocycles. The van der Waals surface area contributed by atoms with Gasteiger partial charge in [0.25, 0.3) is 0 Å². The fourth-order valence-corrected chi connectivity index (χ4v) is 2.43. The fourth-order valence-electron chi connectivity index (χ4n) is 2.43. The van der Waals surface area contributed by atoms with Crippen molar-refractivity contribution >= 4 is 11.6 Å². The van der Waals surface area contributed by atoms with Crippen LogP contribution in [0.2, 0.25) is 0 Å². The van der Waals surface area contributed by atoms with Crippen molar-refractivity contribution in [3.05, 3.63) is 95.1 Å². The summed E-state index contributed by atoms with van der Waals surface area (Å²) in [6, 6.07) is 18.1. The van der Waals surface area contributed by atoms with Crippen LogP contribution in [0.1, 0.15) is 27.1 Å². The smallest absolute Gasteiger partial charge is 0.193 e. The summed E-state index contributed by atoms with van der Waals surface area (Å²) >= 11 is 0. The van der Waals surface area contributed by atoms with Gasteiger partial charge >= 0.3 is 0 Å². The highest BCUT2D eigenvalue weighted by Crippen LogP contribution is 2.26. The monoisotopic (exact) mass is 274 g/mol. The highest BCUT2D eigenvalue weighted by Gasteiger charge is 2.24. The van der Waals surface area contributed by atoms with Crippen molar-refractivity contribution in [3.8, 4) is 0 Å². The third-order valence-corrected chi connectivity index (χ3v) is 3.50. The molecule has 0 amide bonds. The molecule has 0 aliphatic heterocycles. The normalized spacial score (nSPS) is 13.5. The van der Waals surface area contributed by atoms with Gasteiger partial charge < -0.3 is 0 Å². The van der Waals surface area contributed by atoms with E-state index in [1.807, 2.05) is 48.6 Å². The first-order valence-corrected chi connectivity index (χ1v) is 6.87. The SMILES string of the molecule is O=C(C1=CCC=C1C(=O)c1ccccc1)c1ccccc1. The van der Waals surface area contributed by atoms with E-state index in [1.54, 1.807) is 24.3 Å². The van der Waals surface area contributed by atoms with Crippen LogP contribution in [0.25, 0.3) is 0 Å². The van der Waals surface area contributed by atoms with Crippen LogP contribution in [-0.2, 0) is 0 Å². The van der Waals surface area contributed by atoms with Crippen LogP contribution in [0.4, 0.5) is 0 Å². The van der Waals surface area contributed by atoms with E-state index in [0.29, 0.717) is 28.7 Å². The first kappa shape index (κ1) is 13.3. The van der Waals surface area contributed by atoms with Crippen molar-refractivity contribution < 1.29 is 9.59 Å². The molecule has 0 bridgehead atoms. The molecule has 21 heavy (non-hydrogen) atoms. The summed E-state index contributed by atoms with van der Waals surface area (Å²) < 4.78 is 0. The third kappa shape index (κ3) is 2.61. The number of hydrogen-bond donors (Lipinski definition) is 0. The van der Waals surface area contributed by atoms with Crippen LogP contribution in [0.3, 0.4) is 0 Å². The molecule has 2 aromatic carbocycles. The average molecular weight is 274 g/mol. The Labute approximate surface area is 123 Å². The number of Topliss-reactive ketones (excluding diaryl/α,β-unsaturated/α-hetero) is 2. The van der Waals surface area contributed by atoms with E-state index in [9.17, 15) is 9.59 Å².